The van der Waals surface area contributed by atoms with Gasteiger partial charge in [0, 0.05) is 24.5 Å². The number of anilines is 2. The number of alkyl carbamates (subject to hydrolysis) is 1. The van der Waals surface area contributed by atoms with Crippen LogP contribution in [-0.4, -0.2) is 53.3 Å². The number of rotatable bonds is 13. The number of amides is 3. The number of nitrogens with one attached hydrogen (secondary N) is 3. The maximum atomic E-state index is 14.5. The SMILES string of the molecule is C.Cc1cc(C(=O)Nc2cc(F)cc(C(O)c3ccccc3)c2)n(-c2cccc(CN)c2)n1.Cc1cc(C(=O)Nc2cc(F)cc(C(O)c3ccccc3)c2)n(-c2cccc(CNC(=O)OC(C)(C)C)c2)n1.Cl. The van der Waals surface area contributed by atoms with Gasteiger partial charge in [0.1, 0.15) is 40.8 Å². The van der Waals surface area contributed by atoms with Crippen LogP contribution in [0.4, 0.5) is 25.0 Å². The molecule has 0 saturated heterocycles. The number of ether oxygens (including phenoxy) is 1. The zero-order valence-corrected chi connectivity index (χ0v) is 41.0. The second-order valence-electron chi connectivity index (χ2n) is 17.6. The Morgan fingerprint density at radius 2 is 1.03 bits per heavy atom. The zero-order valence-electron chi connectivity index (χ0n) is 40.1. The van der Waals surface area contributed by atoms with E-state index >= 15 is 0 Å². The number of nitrogens with zero attached hydrogens (tertiary/aromatic N) is 4. The molecule has 2 aromatic heterocycles. The summed E-state index contributed by atoms with van der Waals surface area (Å²) in [6.07, 6.45) is -2.61. The van der Waals surface area contributed by atoms with Crippen LogP contribution in [-0.2, 0) is 17.8 Å². The van der Waals surface area contributed by atoms with Crippen LogP contribution in [0.25, 0.3) is 11.4 Å². The van der Waals surface area contributed by atoms with Gasteiger partial charge in [-0.05, 0) is 141 Å². The van der Waals surface area contributed by atoms with E-state index in [1.165, 1.54) is 39.7 Å². The van der Waals surface area contributed by atoms with Crippen molar-refractivity contribution >= 4 is 41.7 Å². The van der Waals surface area contributed by atoms with Crippen LogP contribution in [0, 0.1) is 25.5 Å². The van der Waals surface area contributed by atoms with Crippen molar-refractivity contribution in [3.63, 3.8) is 0 Å². The van der Waals surface area contributed by atoms with Crippen molar-refractivity contribution in [2.24, 2.45) is 5.73 Å². The average molecular weight is 1010 g/mol. The maximum absolute atomic E-state index is 14.5. The molecule has 380 valence electrons. The molecule has 0 radical (unpaired) electrons. The lowest BCUT2D eigenvalue weighted by molar-refractivity contribution is 0.0523. The molecule has 0 fully saturated rings. The fourth-order valence-corrected chi connectivity index (χ4v) is 7.55. The highest BCUT2D eigenvalue weighted by Crippen LogP contribution is 2.28. The number of hydrogen-bond acceptors (Lipinski definition) is 9. The molecule has 73 heavy (non-hydrogen) atoms. The number of carbonyl (C=O) groups is 3. The van der Waals surface area contributed by atoms with Crippen molar-refractivity contribution in [2.75, 3.05) is 10.6 Å². The molecule has 8 aromatic rings. The summed E-state index contributed by atoms with van der Waals surface area (Å²) in [5.74, 6) is -2.10. The van der Waals surface area contributed by atoms with Gasteiger partial charge in [-0.3, -0.25) is 9.59 Å². The molecular weight excluding hydrogens is 954 g/mol. The third-order valence-corrected chi connectivity index (χ3v) is 10.7. The molecule has 0 aliphatic heterocycles. The second kappa shape index (κ2) is 24.9. The molecule has 8 rings (SSSR count). The molecule has 7 N–H and O–H groups in total. The van der Waals surface area contributed by atoms with Gasteiger partial charge < -0.3 is 36.6 Å². The minimum atomic E-state index is -1.05. The number of nitrogens with two attached hydrogens (primary N) is 1. The van der Waals surface area contributed by atoms with Gasteiger partial charge in [-0.1, -0.05) is 92.4 Å². The van der Waals surface area contributed by atoms with E-state index in [1.54, 1.807) is 120 Å². The summed E-state index contributed by atoms with van der Waals surface area (Å²) in [4.78, 5) is 38.4. The van der Waals surface area contributed by atoms with Crippen molar-refractivity contribution < 1.29 is 38.1 Å². The first-order valence-electron chi connectivity index (χ1n) is 22.6. The summed E-state index contributed by atoms with van der Waals surface area (Å²) >= 11 is 0. The molecule has 17 heteroatoms. The number of aliphatic hydroxyl groups excluding tert-OH is 2. The minimum Gasteiger partial charge on any atom is -0.444 e. The number of halogens is 3. The molecule has 0 aliphatic rings. The smallest absolute Gasteiger partial charge is 0.407 e. The van der Waals surface area contributed by atoms with Crippen molar-refractivity contribution in [1.29, 1.82) is 0 Å². The summed E-state index contributed by atoms with van der Waals surface area (Å²) < 4.78 is 37.0. The normalized spacial score (nSPS) is 11.6. The van der Waals surface area contributed by atoms with Gasteiger partial charge in [0.05, 0.1) is 22.8 Å². The molecule has 0 aliphatic carbocycles. The molecule has 3 amide bonds. The van der Waals surface area contributed by atoms with Gasteiger partial charge >= 0.3 is 6.09 Å². The topological polar surface area (TPSA) is 199 Å². The lowest BCUT2D eigenvalue weighted by atomic mass is 10.0. The molecule has 2 atom stereocenters. The predicted molar refractivity (Wildman–Crippen MR) is 281 cm³/mol. The highest BCUT2D eigenvalue weighted by atomic mass is 35.5. The number of hydrogen-bond donors (Lipinski definition) is 6. The largest absolute Gasteiger partial charge is 0.444 e. The van der Waals surface area contributed by atoms with Crippen LogP contribution >= 0.6 is 12.4 Å². The van der Waals surface area contributed by atoms with Gasteiger partial charge in [0.15, 0.2) is 0 Å². The van der Waals surface area contributed by atoms with Crippen LogP contribution in [0.3, 0.4) is 0 Å². The quantitative estimate of drug-likeness (QED) is 0.0651. The molecule has 0 bridgehead atoms. The van der Waals surface area contributed by atoms with Crippen LogP contribution < -0.4 is 21.7 Å². The van der Waals surface area contributed by atoms with Gasteiger partial charge in [0.2, 0.25) is 0 Å². The van der Waals surface area contributed by atoms with E-state index in [0.717, 1.165) is 11.1 Å². The fourth-order valence-electron chi connectivity index (χ4n) is 7.55. The Morgan fingerprint density at radius 3 is 1.45 bits per heavy atom. The van der Waals surface area contributed by atoms with Crippen molar-refractivity contribution in [2.45, 2.75) is 72.9 Å². The molecule has 14 nitrogen and oxygen atoms in total. The first kappa shape index (κ1) is 55.9. The van der Waals surface area contributed by atoms with Crippen LogP contribution in [0.1, 0.15) is 106 Å². The Kier molecular flexibility index (Phi) is 19.1. The first-order chi connectivity index (χ1) is 33.9. The third kappa shape index (κ3) is 15.0. The number of aryl methyl sites for hydroxylation is 2. The second-order valence-corrected chi connectivity index (χ2v) is 17.6. The van der Waals surface area contributed by atoms with Crippen LogP contribution in [0.15, 0.2) is 158 Å². The summed E-state index contributed by atoms with van der Waals surface area (Å²) in [5.41, 5.74) is 12.2. The zero-order chi connectivity index (χ0) is 50.8. The molecule has 6 aromatic carbocycles. The van der Waals surface area contributed by atoms with E-state index in [-0.39, 0.29) is 43.4 Å². The summed E-state index contributed by atoms with van der Waals surface area (Å²) in [7, 11) is 0. The standard InChI is InChI=1S/C30H31FN4O4.C25H23FN4O2.CH4.ClH/c1-19-13-26(35(34-19)25-12-8-9-20(14-25)18-32-29(38)39-30(2,3)4)28(37)33-24-16-22(15-23(31)17-24)27(36)21-10-6-5-7-11-21;1-16-10-23(30(29-16)22-9-5-6-17(11-22)15-27)25(32)28-21-13-19(12-20(26)14-21)24(31)18-7-3-2-4-8-18;;/h5-17,27,36H,18H2,1-4H3,(H,32,38)(H,33,37);2-14,24,31H,15,27H2,1H3,(H,28,32);1H4;1H. The third-order valence-electron chi connectivity index (χ3n) is 10.7. The first-order valence-corrected chi connectivity index (χ1v) is 22.6. The Morgan fingerprint density at radius 1 is 0.603 bits per heavy atom. The van der Waals surface area contributed by atoms with E-state index < -0.39 is 47.4 Å². The van der Waals surface area contributed by atoms with Gasteiger partial charge in [-0.25, -0.2) is 22.9 Å². The van der Waals surface area contributed by atoms with Crippen molar-refractivity contribution in [1.82, 2.24) is 24.9 Å². The van der Waals surface area contributed by atoms with Crippen LogP contribution in [0.5, 0.6) is 0 Å². The van der Waals surface area contributed by atoms with Gasteiger partial charge in [0.25, 0.3) is 11.8 Å². The predicted octanol–water partition coefficient (Wildman–Crippen LogP) is 10.8. The summed E-state index contributed by atoms with van der Waals surface area (Å²) in [5, 5.41) is 38.4. The fraction of sp³-hybridized carbons (Fsp3) is 0.196. The van der Waals surface area contributed by atoms with E-state index in [2.05, 4.69) is 26.1 Å². The molecule has 2 unspecified atom stereocenters. The number of benzene rings is 6. The Labute approximate surface area is 429 Å². The lowest BCUT2D eigenvalue weighted by Crippen LogP contribution is -2.32. The molecule has 2 heterocycles. The van der Waals surface area contributed by atoms with E-state index in [0.29, 0.717) is 57.3 Å². The number of aliphatic hydroxyl groups is 2. The Hall–Kier alpha value is -8.02. The summed E-state index contributed by atoms with van der Waals surface area (Å²) in [6, 6.07) is 43.7. The van der Waals surface area contributed by atoms with E-state index in [1.807, 2.05) is 42.5 Å². The highest BCUT2D eigenvalue weighted by Gasteiger charge is 2.21. The number of carbonyl (C=O) groups excluding carboxylic acids is 3. The Balaban J connectivity index is 0.000000268. The summed E-state index contributed by atoms with van der Waals surface area (Å²) in [6.45, 7) is 9.50. The van der Waals surface area contributed by atoms with E-state index in [9.17, 15) is 33.4 Å². The monoisotopic (exact) mass is 1010 g/mol. The minimum absolute atomic E-state index is 0. The van der Waals surface area contributed by atoms with E-state index in [4.69, 9.17) is 10.5 Å². The van der Waals surface area contributed by atoms with Crippen LogP contribution in [0.2, 0.25) is 0 Å². The van der Waals surface area contributed by atoms with Crippen molar-refractivity contribution in [3.05, 3.63) is 226 Å². The van der Waals surface area contributed by atoms with Gasteiger partial charge in [-0.2, -0.15) is 10.2 Å². The lowest BCUT2D eigenvalue weighted by Gasteiger charge is -2.19. The highest BCUT2D eigenvalue weighted by molar-refractivity contribution is 6.04. The van der Waals surface area contributed by atoms with Gasteiger partial charge in [-0.15, -0.1) is 12.4 Å². The molecule has 0 saturated carbocycles. The average Bonchev–Trinajstić information content (AvgIpc) is 3.95. The molecular formula is C56H59ClF2N8O6. The number of aromatic nitrogens is 4. The molecule has 0 spiro atoms. The Bertz CT molecular complexity index is 3160. The maximum Gasteiger partial charge on any atom is 0.407 e. The van der Waals surface area contributed by atoms with Crippen molar-refractivity contribution in [3.8, 4) is 11.4 Å².